The summed E-state index contributed by atoms with van der Waals surface area (Å²) in [7, 11) is 0. The molecule has 0 aliphatic rings. The summed E-state index contributed by atoms with van der Waals surface area (Å²) in [5.41, 5.74) is 6.46. The summed E-state index contributed by atoms with van der Waals surface area (Å²) in [6.07, 6.45) is 0.120. The highest BCUT2D eigenvalue weighted by molar-refractivity contribution is 5.95. The van der Waals surface area contributed by atoms with Gasteiger partial charge in [0.05, 0.1) is 12.7 Å². The summed E-state index contributed by atoms with van der Waals surface area (Å²) in [5.74, 6) is -0.827. The van der Waals surface area contributed by atoms with E-state index in [-0.39, 0.29) is 23.3 Å². The number of hydrogen-bond acceptors (Lipinski definition) is 3. The van der Waals surface area contributed by atoms with Crippen LogP contribution >= 0.6 is 0 Å². The van der Waals surface area contributed by atoms with Crippen molar-refractivity contribution in [3.05, 3.63) is 29.1 Å². The van der Waals surface area contributed by atoms with Gasteiger partial charge in [0.25, 0.3) is 5.91 Å². The van der Waals surface area contributed by atoms with Crippen molar-refractivity contribution in [2.24, 2.45) is 0 Å². The van der Waals surface area contributed by atoms with Crippen molar-refractivity contribution >= 4 is 11.6 Å². The molecule has 0 aromatic heterocycles. The van der Waals surface area contributed by atoms with Crippen molar-refractivity contribution in [1.29, 1.82) is 0 Å². The zero-order chi connectivity index (χ0) is 13.7. The highest BCUT2D eigenvalue weighted by atomic mass is 19.1. The van der Waals surface area contributed by atoms with Gasteiger partial charge in [-0.3, -0.25) is 4.79 Å². The number of halogens is 1. The normalized spacial score (nSPS) is 10.7. The Labute approximate surface area is 106 Å². The fourth-order valence-corrected chi connectivity index (χ4v) is 1.39. The SMILES string of the molecule is Cc1c(N)cc(C(=O)NCCOC(C)C)cc1F. The summed E-state index contributed by atoms with van der Waals surface area (Å²) in [5, 5.41) is 2.64. The summed E-state index contributed by atoms with van der Waals surface area (Å²) >= 11 is 0. The maximum atomic E-state index is 13.4. The van der Waals surface area contributed by atoms with Crippen molar-refractivity contribution in [2.75, 3.05) is 18.9 Å². The van der Waals surface area contributed by atoms with Crippen LogP contribution in [0.2, 0.25) is 0 Å². The van der Waals surface area contributed by atoms with Gasteiger partial charge in [-0.15, -0.1) is 0 Å². The zero-order valence-corrected chi connectivity index (χ0v) is 10.9. The molecule has 0 unspecified atom stereocenters. The molecular formula is C13H19FN2O2. The number of anilines is 1. The van der Waals surface area contributed by atoms with Gasteiger partial charge in [-0.2, -0.15) is 0 Å². The molecule has 0 bridgehead atoms. The average Bonchev–Trinajstić information content (AvgIpc) is 2.30. The Morgan fingerprint density at radius 3 is 2.72 bits per heavy atom. The molecule has 0 spiro atoms. The van der Waals surface area contributed by atoms with Crippen LogP contribution in [-0.4, -0.2) is 25.2 Å². The highest BCUT2D eigenvalue weighted by Gasteiger charge is 2.10. The van der Waals surface area contributed by atoms with Gasteiger partial charge < -0.3 is 15.8 Å². The number of nitrogens with one attached hydrogen (secondary N) is 1. The maximum absolute atomic E-state index is 13.4. The average molecular weight is 254 g/mol. The van der Waals surface area contributed by atoms with Gasteiger partial charge >= 0.3 is 0 Å². The first-order valence-electron chi connectivity index (χ1n) is 5.87. The summed E-state index contributed by atoms with van der Waals surface area (Å²) in [6, 6.07) is 2.65. The molecule has 0 atom stereocenters. The molecule has 4 nitrogen and oxygen atoms in total. The van der Waals surface area contributed by atoms with Gasteiger partial charge in [0.1, 0.15) is 5.82 Å². The number of carbonyl (C=O) groups excluding carboxylic acids is 1. The van der Waals surface area contributed by atoms with E-state index in [0.29, 0.717) is 18.7 Å². The van der Waals surface area contributed by atoms with Crippen LogP contribution in [0.1, 0.15) is 29.8 Å². The van der Waals surface area contributed by atoms with Crippen molar-refractivity contribution in [1.82, 2.24) is 5.32 Å². The molecule has 1 amide bonds. The van der Waals surface area contributed by atoms with Gasteiger partial charge in [0.15, 0.2) is 0 Å². The second kappa shape index (κ2) is 6.35. The molecule has 0 saturated heterocycles. The second-order valence-electron chi connectivity index (χ2n) is 4.35. The van der Waals surface area contributed by atoms with Gasteiger partial charge in [0, 0.05) is 23.4 Å². The number of rotatable bonds is 5. The first-order chi connectivity index (χ1) is 8.41. The molecule has 0 aliphatic carbocycles. The van der Waals surface area contributed by atoms with Crippen molar-refractivity contribution in [3.8, 4) is 0 Å². The smallest absolute Gasteiger partial charge is 0.251 e. The van der Waals surface area contributed by atoms with Crippen molar-refractivity contribution < 1.29 is 13.9 Å². The third kappa shape index (κ3) is 4.00. The first kappa shape index (κ1) is 14.4. The molecule has 0 heterocycles. The quantitative estimate of drug-likeness (QED) is 0.623. The predicted octanol–water partition coefficient (Wildman–Crippen LogP) is 1.87. The Hall–Kier alpha value is -1.62. The number of nitrogen functional groups attached to an aromatic ring is 1. The Morgan fingerprint density at radius 1 is 1.50 bits per heavy atom. The molecule has 1 aromatic carbocycles. The van der Waals surface area contributed by atoms with E-state index in [0.717, 1.165) is 0 Å². The van der Waals surface area contributed by atoms with E-state index in [1.165, 1.54) is 12.1 Å². The third-order valence-electron chi connectivity index (χ3n) is 2.49. The number of nitrogens with two attached hydrogens (primary N) is 1. The standard InChI is InChI=1S/C13H19FN2O2/c1-8(2)18-5-4-16-13(17)10-6-11(14)9(3)12(15)7-10/h6-8H,4-5,15H2,1-3H3,(H,16,17). The fraction of sp³-hybridized carbons (Fsp3) is 0.462. The monoisotopic (exact) mass is 254 g/mol. The van der Waals surface area contributed by atoms with Crippen LogP contribution in [0, 0.1) is 12.7 Å². The van der Waals surface area contributed by atoms with Crippen LogP contribution in [-0.2, 0) is 4.74 Å². The second-order valence-corrected chi connectivity index (χ2v) is 4.35. The predicted molar refractivity (Wildman–Crippen MR) is 69.0 cm³/mol. The Kier molecular flexibility index (Phi) is 5.09. The molecule has 0 aliphatic heterocycles. The Bertz CT molecular complexity index is 410. The first-order valence-corrected chi connectivity index (χ1v) is 5.87. The van der Waals surface area contributed by atoms with E-state index in [1.54, 1.807) is 6.92 Å². The molecular weight excluding hydrogens is 235 g/mol. The molecule has 100 valence electrons. The van der Waals surface area contributed by atoms with Crippen LogP contribution in [0.4, 0.5) is 10.1 Å². The van der Waals surface area contributed by atoms with Crippen LogP contribution in [0.25, 0.3) is 0 Å². The molecule has 1 aromatic rings. The van der Waals surface area contributed by atoms with Gasteiger partial charge in [-0.05, 0) is 32.9 Å². The van der Waals surface area contributed by atoms with E-state index in [4.69, 9.17) is 10.5 Å². The molecule has 0 saturated carbocycles. The lowest BCUT2D eigenvalue weighted by Gasteiger charge is -2.10. The number of amides is 1. The molecule has 0 radical (unpaired) electrons. The maximum Gasteiger partial charge on any atom is 0.251 e. The highest BCUT2D eigenvalue weighted by Crippen LogP contribution is 2.17. The lowest BCUT2D eigenvalue weighted by atomic mass is 10.1. The van der Waals surface area contributed by atoms with E-state index in [1.807, 2.05) is 13.8 Å². The minimum absolute atomic E-state index is 0.120. The largest absolute Gasteiger partial charge is 0.398 e. The lowest BCUT2D eigenvalue weighted by Crippen LogP contribution is -2.28. The summed E-state index contributed by atoms with van der Waals surface area (Å²) < 4.78 is 18.7. The lowest BCUT2D eigenvalue weighted by molar-refractivity contribution is 0.0746. The van der Waals surface area contributed by atoms with Crippen LogP contribution < -0.4 is 11.1 Å². The summed E-state index contributed by atoms with van der Waals surface area (Å²) in [4.78, 5) is 11.7. The molecule has 5 heteroatoms. The Balaban J connectivity index is 2.57. The van der Waals surface area contributed by atoms with Crippen LogP contribution in [0.3, 0.4) is 0 Å². The van der Waals surface area contributed by atoms with Crippen LogP contribution in [0.5, 0.6) is 0 Å². The minimum Gasteiger partial charge on any atom is -0.398 e. The fourth-order valence-electron chi connectivity index (χ4n) is 1.39. The number of benzene rings is 1. The molecule has 3 N–H and O–H groups in total. The number of hydrogen-bond donors (Lipinski definition) is 2. The third-order valence-corrected chi connectivity index (χ3v) is 2.49. The van der Waals surface area contributed by atoms with E-state index >= 15 is 0 Å². The van der Waals surface area contributed by atoms with E-state index in [2.05, 4.69) is 5.32 Å². The van der Waals surface area contributed by atoms with E-state index < -0.39 is 5.82 Å². The molecule has 1 rings (SSSR count). The van der Waals surface area contributed by atoms with Crippen molar-refractivity contribution in [2.45, 2.75) is 26.9 Å². The van der Waals surface area contributed by atoms with Gasteiger partial charge in [-0.25, -0.2) is 4.39 Å². The zero-order valence-electron chi connectivity index (χ0n) is 10.9. The van der Waals surface area contributed by atoms with Crippen molar-refractivity contribution in [3.63, 3.8) is 0 Å². The topological polar surface area (TPSA) is 64.4 Å². The minimum atomic E-state index is -0.474. The molecule has 18 heavy (non-hydrogen) atoms. The van der Waals surface area contributed by atoms with E-state index in [9.17, 15) is 9.18 Å². The molecule has 0 fully saturated rings. The summed E-state index contributed by atoms with van der Waals surface area (Å²) in [6.45, 7) is 6.21. The number of ether oxygens (including phenoxy) is 1. The Morgan fingerprint density at radius 2 is 2.17 bits per heavy atom. The van der Waals surface area contributed by atoms with Crippen LogP contribution in [0.15, 0.2) is 12.1 Å². The number of carbonyl (C=O) groups is 1. The van der Waals surface area contributed by atoms with Gasteiger partial charge in [0.2, 0.25) is 0 Å². The van der Waals surface area contributed by atoms with Gasteiger partial charge in [-0.1, -0.05) is 0 Å².